The number of sulfone groups is 2. The zero-order chi connectivity index (χ0) is 48.5. The topological polar surface area (TPSA) is 148 Å². The molecule has 0 amide bonds. The highest BCUT2D eigenvalue weighted by atomic mass is 79.9. The smallest absolute Gasteiger partial charge is 0.178 e. The third-order valence-corrected chi connectivity index (χ3v) is 16.6. The molecule has 0 unspecified atom stereocenters. The summed E-state index contributed by atoms with van der Waals surface area (Å²) >= 11 is 18.4. The van der Waals surface area contributed by atoms with Gasteiger partial charge in [0.25, 0.3) is 0 Å². The van der Waals surface area contributed by atoms with Crippen LogP contribution in [-0.2, 0) is 44.0 Å². The molecule has 9 rings (SSSR count). The number of nitrogens with zero attached hydrogens (tertiary/aromatic N) is 6. The second kappa shape index (κ2) is 22.4. The van der Waals surface area contributed by atoms with E-state index in [1.807, 2.05) is 126 Å². The molecule has 69 heavy (non-hydrogen) atoms. The summed E-state index contributed by atoms with van der Waals surface area (Å²) in [6.07, 6.45) is 0.782. The Morgan fingerprint density at radius 3 is 1.45 bits per heavy atom. The molecule has 4 heterocycles. The third-order valence-electron chi connectivity index (χ3n) is 10.8. The second-order valence-corrected chi connectivity index (χ2v) is 23.6. The fourth-order valence-corrected chi connectivity index (χ4v) is 11.9. The molecule has 4 aromatic heterocycles. The molecule has 0 aliphatic rings. The van der Waals surface area contributed by atoms with Crippen LogP contribution in [0.15, 0.2) is 155 Å². The van der Waals surface area contributed by atoms with E-state index in [2.05, 4.69) is 36.3 Å². The molecule has 0 atom stereocenters. The van der Waals surface area contributed by atoms with Gasteiger partial charge >= 0.3 is 0 Å². The minimum absolute atomic E-state index is 0.00849. The van der Waals surface area contributed by atoms with Crippen molar-refractivity contribution >= 4 is 81.5 Å². The average Bonchev–Trinajstić information content (AvgIpc) is 4.20. The van der Waals surface area contributed by atoms with E-state index in [9.17, 15) is 16.8 Å². The molecular formula is C50H43BrCl2N6O6S4. The van der Waals surface area contributed by atoms with Gasteiger partial charge in [-0.05, 0) is 113 Å². The number of ether oxygens (including phenoxy) is 2. The van der Waals surface area contributed by atoms with Crippen molar-refractivity contribution in [3.63, 3.8) is 0 Å². The van der Waals surface area contributed by atoms with Gasteiger partial charge < -0.3 is 9.47 Å². The van der Waals surface area contributed by atoms with Crippen LogP contribution in [-0.4, -0.2) is 72.1 Å². The fraction of sp³-hybridized carbons (Fsp3) is 0.160. The highest BCUT2D eigenvalue weighted by Crippen LogP contribution is 2.36. The SMILES string of the molecule is COc1ccc(-c2ccccc2)cc1-n1c(CS(=O)(=O)CCc2ccc(Cl)cc2)nnc1-c1cccs1.COc1ccc(Br)cc1-n1c(CS(=O)(=O)CCc2ccc(Cl)cc2)nnc1-c1cccs1. The predicted octanol–water partition coefficient (Wildman–Crippen LogP) is 12.1. The molecule has 0 saturated carbocycles. The standard InChI is InChI=1S/C28H24ClN3O3S2.C22H19BrClN3O3S2/c1-35-25-14-11-22(21-6-3-2-4-7-21)18-24(25)32-27(30-31-28(32)26-8-5-16-36-26)19-37(33,34)17-15-20-9-12-23(29)13-10-20;1-30-19-9-6-16(23)13-18(19)27-21(25-26-22(27)20-3-2-11-31-20)14-32(28,29)12-10-15-4-7-17(24)8-5-15/h2-14,16,18H,15,17,19H2,1H3;2-9,11,13H,10,12,14H2,1H3. The van der Waals surface area contributed by atoms with E-state index in [1.165, 1.54) is 22.7 Å². The summed E-state index contributed by atoms with van der Waals surface area (Å²) < 4.78 is 68.1. The maximum absolute atomic E-state index is 13.2. The number of benzene rings is 5. The number of thiophene rings is 2. The van der Waals surface area contributed by atoms with Crippen LogP contribution in [0, 0.1) is 0 Å². The Kier molecular flexibility index (Phi) is 16.1. The lowest BCUT2D eigenvalue weighted by molar-refractivity contribution is 0.412. The number of aromatic nitrogens is 6. The Morgan fingerprint density at radius 1 is 0.536 bits per heavy atom. The largest absolute Gasteiger partial charge is 0.495 e. The lowest BCUT2D eigenvalue weighted by Crippen LogP contribution is -2.15. The van der Waals surface area contributed by atoms with Crippen LogP contribution < -0.4 is 9.47 Å². The van der Waals surface area contributed by atoms with Gasteiger partial charge in [0, 0.05) is 14.5 Å². The monoisotopic (exact) mass is 1100 g/mol. The van der Waals surface area contributed by atoms with Gasteiger partial charge in [0.05, 0.1) is 46.9 Å². The summed E-state index contributed by atoms with van der Waals surface area (Å²) in [6.45, 7) is 0. The third kappa shape index (κ3) is 12.6. The van der Waals surface area contributed by atoms with Crippen molar-refractivity contribution in [1.82, 2.24) is 29.5 Å². The van der Waals surface area contributed by atoms with Gasteiger partial charge in [-0.1, -0.05) is 112 Å². The van der Waals surface area contributed by atoms with Crippen LogP contribution in [0.1, 0.15) is 22.8 Å². The molecule has 9 aromatic rings. The van der Waals surface area contributed by atoms with E-state index in [1.54, 1.807) is 47.6 Å². The van der Waals surface area contributed by atoms with Gasteiger partial charge in [0.15, 0.2) is 43.0 Å². The van der Waals surface area contributed by atoms with Crippen molar-refractivity contribution in [2.24, 2.45) is 0 Å². The molecule has 19 heteroatoms. The molecule has 0 bridgehead atoms. The van der Waals surface area contributed by atoms with Crippen LogP contribution in [0.3, 0.4) is 0 Å². The van der Waals surface area contributed by atoms with E-state index in [0.717, 1.165) is 36.5 Å². The predicted molar refractivity (Wildman–Crippen MR) is 281 cm³/mol. The first-order valence-corrected chi connectivity index (χ1v) is 28.2. The van der Waals surface area contributed by atoms with Gasteiger partial charge in [0.1, 0.15) is 23.0 Å². The summed E-state index contributed by atoms with van der Waals surface area (Å²) in [5.41, 5.74) is 5.17. The Hall–Kier alpha value is -5.66. The first kappa shape index (κ1) is 49.8. The summed E-state index contributed by atoms with van der Waals surface area (Å²) in [4.78, 5) is 1.76. The van der Waals surface area contributed by atoms with Crippen LogP contribution in [0.2, 0.25) is 10.0 Å². The molecule has 0 spiro atoms. The van der Waals surface area contributed by atoms with Crippen molar-refractivity contribution in [2.45, 2.75) is 24.3 Å². The molecule has 0 fully saturated rings. The average molecular weight is 1100 g/mol. The van der Waals surface area contributed by atoms with E-state index >= 15 is 0 Å². The highest BCUT2D eigenvalue weighted by Gasteiger charge is 2.26. The lowest BCUT2D eigenvalue weighted by atomic mass is 10.0. The molecule has 0 saturated heterocycles. The Bertz CT molecular complexity index is 3370. The molecule has 0 N–H and O–H groups in total. The fourth-order valence-electron chi connectivity index (χ4n) is 7.36. The first-order valence-electron chi connectivity index (χ1n) is 21.2. The van der Waals surface area contributed by atoms with E-state index < -0.39 is 19.7 Å². The Labute approximate surface area is 427 Å². The zero-order valence-corrected chi connectivity index (χ0v) is 43.4. The highest BCUT2D eigenvalue weighted by molar-refractivity contribution is 9.10. The number of halogens is 3. The van der Waals surface area contributed by atoms with Gasteiger partial charge in [-0.15, -0.1) is 43.1 Å². The zero-order valence-electron chi connectivity index (χ0n) is 37.1. The van der Waals surface area contributed by atoms with Gasteiger partial charge in [-0.3, -0.25) is 9.13 Å². The van der Waals surface area contributed by atoms with Crippen molar-refractivity contribution in [2.75, 3.05) is 25.7 Å². The quantitative estimate of drug-likeness (QED) is 0.0863. The van der Waals surface area contributed by atoms with Crippen molar-refractivity contribution in [3.05, 3.63) is 188 Å². The Morgan fingerprint density at radius 2 is 1.00 bits per heavy atom. The minimum atomic E-state index is -3.50. The van der Waals surface area contributed by atoms with E-state index in [-0.39, 0.29) is 23.0 Å². The van der Waals surface area contributed by atoms with E-state index in [0.29, 0.717) is 69.1 Å². The molecule has 0 aliphatic carbocycles. The summed E-state index contributed by atoms with van der Waals surface area (Å²) in [6, 6.07) is 43.5. The molecule has 12 nitrogen and oxygen atoms in total. The molecule has 5 aromatic carbocycles. The second-order valence-electron chi connectivity index (χ2n) is 15.5. The summed E-state index contributed by atoms with van der Waals surface area (Å²) in [5.74, 6) is 2.47. The minimum Gasteiger partial charge on any atom is -0.495 e. The lowest BCUT2D eigenvalue weighted by Gasteiger charge is -2.16. The number of hydrogen-bond donors (Lipinski definition) is 0. The Balaban J connectivity index is 0.000000188. The summed E-state index contributed by atoms with van der Waals surface area (Å²) in [5, 5.41) is 22.5. The van der Waals surface area contributed by atoms with Crippen molar-refractivity contribution < 1.29 is 26.3 Å². The summed E-state index contributed by atoms with van der Waals surface area (Å²) in [7, 11) is -3.80. The maximum atomic E-state index is 13.2. The van der Waals surface area contributed by atoms with E-state index in [4.69, 9.17) is 32.7 Å². The van der Waals surface area contributed by atoms with Crippen molar-refractivity contribution in [3.8, 4) is 55.4 Å². The molecule has 354 valence electrons. The molecule has 0 aliphatic heterocycles. The van der Waals surface area contributed by atoms with Crippen LogP contribution in [0.4, 0.5) is 0 Å². The number of rotatable bonds is 17. The van der Waals surface area contributed by atoms with Crippen LogP contribution in [0.25, 0.3) is 43.9 Å². The normalized spacial score (nSPS) is 11.6. The molecule has 0 radical (unpaired) electrons. The van der Waals surface area contributed by atoms with Crippen molar-refractivity contribution in [1.29, 1.82) is 0 Å². The number of hydrogen-bond acceptors (Lipinski definition) is 12. The molecular weight excluding hydrogens is 1060 g/mol. The maximum Gasteiger partial charge on any atom is 0.178 e. The van der Waals surface area contributed by atoms with Crippen LogP contribution >= 0.6 is 61.8 Å². The van der Waals surface area contributed by atoms with Crippen LogP contribution in [0.5, 0.6) is 11.5 Å². The number of methoxy groups -OCH3 is 2. The number of aryl methyl sites for hydroxylation is 2. The van der Waals surface area contributed by atoms with Gasteiger partial charge in [0.2, 0.25) is 0 Å². The van der Waals surface area contributed by atoms with Gasteiger partial charge in [-0.25, -0.2) is 16.8 Å². The first-order chi connectivity index (χ1) is 33.3. The van der Waals surface area contributed by atoms with Gasteiger partial charge in [-0.2, -0.15) is 0 Å².